The number of hydrogen-bond acceptors (Lipinski definition) is 5. The Morgan fingerprint density at radius 3 is 2.61 bits per heavy atom. The third kappa shape index (κ3) is 4.40. The summed E-state index contributed by atoms with van der Waals surface area (Å²) >= 11 is 6.11. The van der Waals surface area contributed by atoms with E-state index in [1.165, 1.54) is 7.11 Å². The van der Waals surface area contributed by atoms with Gasteiger partial charge >= 0.3 is 0 Å². The van der Waals surface area contributed by atoms with Crippen molar-refractivity contribution < 1.29 is 9.53 Å². The van der Waals surface area contributed by atoms with Gasteiger partial charge in [-0.15, -0.1) is 0 Å². The number of anilines is 3. The summed E-state index contributed by atoms with van der Waals surface area (Å²) in [5.74, 6) is 0.691. The molecule has 0 atom stereocenters. The minimum Gasteiger partial charge on any atom is -0.495 e. The topological polar surface area (TPSA) is 87.0 Å². The lowest BCUT2D eigenvalue weighted by molar-refractivity contribution is 0.102. The van der Waals surface area contributed by atoms with Gasteiger partial charge in [0.2, 0.25) is 0 Å². The first-order chi connectivity index (χ1) is 13.5. The molecule has 2 aromatic carbocycles. The molecule has 0 bridgehead atoms. The van der Waals surface area contributed by atoms with Crippen molar-refractivity contribution in [3.05, 3.63) is 76.4 Å². The Hall–Kier alpha value is -3.56. The van der Waals surface area contributed by atoms with E-state index in [1.54, 1.807) is 54.7 Å². The van der Waals surface area contributed by atoms with E-state index in [1.807, 2.05) is 6.92 Å². The van der Waals surface area contributed by atoms with Crippen molar-refractivity contribution in [1.82, 2.24) is 4.98 Å². The van der Waals surface area contributed by atoms with Crippen molar-refractivity contribution in [2.24, 2.45) is 0 Å². The quantitative estimate of drug-likeness (QED) is 0.643. The summed E-state index contributed by atoms with van der Waals surface area (Å²) in [6, 6.07) is 15.7. The number of rotatable bonds is 5. The summed E-state index contributed by atoms with van der Waals surface area (Å²) in [5, 5.41) is 15.4. The molecule has 2 N–H and O–H groups in total. The number of carbonyl (C=O) groups excluding carboxylic acids is 1. The number of halogens is 1. The van der Waals surface area contributed by atoms with Crippen LogP contribution in [0.1, 0.15) is 21.5 Å². The fourth-order valence-electron chi connectivity index (χ4n) is 2.54. The Kier molecular flexibility index (Phi) is 5.78. The van der Waals surface area contributed by atoms with Crippen LogP contribution in [0.5, 0.6) is 5.75 Å². The van der Waals surface area contributed by atoms with Gasteiger partial charge in [0.05, 0.1) is 24.4 Å². The van der Waals surface area contributed by atoms with Gasteiger partial charge in [-0.2, -0.15) is 5.26 Å². The number of hydrogen-bond donors (Lipinski definition) is 2. The highest BCUT2D eigenvalue weighted by atomic mass is 35.5. The highest BCUT2D eigenvalue weighted by Crippen LogP contribution is 2.31. The van der Waals surface area contributed by atoms with Crippen LogP contribution in [-0.2, 0) is 0 Å². The number of nitrogens with zero attached hydrogens (tertiary/aromatic N) is 2. The molecule has 3 rings (SSSR count). The molecule has 0 fully saturated rings. The van der Waals surface area contributed by atoms with Crippen molar-refractivity contribution in [2.75, 3.05) is 17.7 Å². The zero-order valence-electron chi connectivity index (χ0n) is 15.3. The zero-order valence-corrected chi connectivity index (χ0v) is 16.0. The summed E-state index contributed by atoms with van der Waals surface area (Å²) < 4.78 is 5.29. The second-order valence-electron chi connectivity index (χ2n) is 6.00. The summed E-state index contributed by atoms with van der Waals surface area (Å²) in [6.07, 6.45) is 1.55. The van der Waals surface area contributed by atoms with E-state index >= 15 is 0 Å². The number of ether oxygens (including phenoxy) is 1. The van der Waals surface area contributed by atoms with Crippen molar-refractivity contribution >= 4 is 34.7 Å². The third-order valence-electron chi connectivity index (χ3n) is 4.04. The van der Waals surface area contributed by atoms with Gasteiger partial charge in [-0.25, -0.2) is 4.98 Å². The monoisotopic (exact) mass is 392 g/mol. The molecule has 0 saturated carbocycles. The number of methoxy groups -OCH3 is 1. The van der Waals surface area contributed by atoms with Crippen molar-refractivity contribution in [3.63, 3.8) is 0 Å². The van der Waals surface area contributed by atoms with Crippen LogP contribution in [-0.4, -0.2) is 18.0 Å². The summed E-state index contributed by atoms with van der Waals surface area (Å²) in [7, 11) is 1.52. The maximum Gasteiger partial charge on any atom is 0.255 e. The van der Waals surface area contributed by atoms with Gasteiger partial charge in [0.1, 0.15) is 11.6 Å². The van der Waals surface area contributed by atoms with Crippen LogP contribution in [0, 0.1) is 18.3 Å². The van der Waals surface area contributed by atoms with E-state index in [-0.39, 0.29) is 5.91 Å². The molecule has 140 valence electrons. The Bertz CT molecular complexity index is 1060. The van der Waals surface area contributed by atoms with Gasteiger partial charge in [-0.1, -0.05) is 11.6 Å². The molecule has 28 heavy (non-hydrogen) atoms. The van der Waals surface area contributed by atoms with Gasteiger partial charge in [0.15, 0.2) is 0 Å². The first-order valence-electron chi connectivity index (χ1n) is 8.39. The molecular formula is C21H17ClN4O2. The summed E-state index contributed by atoms with van der Waals surface area (Å²) in [5.41, 5.74) is 3.13. The number of aromatic nitrogens is 1. The smallest absolute Gasteiger partial charge is 0.255 e. The molecule has 1 amide bonds. The molecule has 0 aliphatic rings. The summed E-state index contributed by atoms with van der Waals surface area (Å²) in [6.45, 7) is 1.85. The lowest BCUT2D eigenvalue weighted by Crippen LogP contribution is -2.13. The molecule has 1 heterocycles. The average Bonchev–Trinajstić information content (AvgIpc) is 2.71. The fourth-order valence-corrected chi connectivity index (χ4v) is 2.69. The van der Waals surface area contributed by atoms with Crippen molar-refractivity contribution in [2.45, 2.75) is 6.92 Å². The van der Waals surface area contributed by atoms with Gasteiger partial charge < -0.3 is 15.4 Å². The molecule has 1 aromatic heterocycles. The van der Waals surface area contributed by atoms with Crippen LogP contribution in [0.3, 0.4) is 0 Å². The molecule has 0 unspecified atom stereocenters. The Morgan fingerprint density at radius 2 is 1.93 bits per heavy atom. The highest BCUT2D eigenvalue weighted by molar-refractivity contribution is 6.31. The fraction of sp³-hybridized carbons (Fsp3) is 0.0952. The molecule has 0 aliphatic heterocycles. The number of pyridine rings is 1. The molecule has 7 heteroatoms. The number of nitrogens with one attached hydrogen (secondary N) is 2. The van der Waals surface area contributed by atoms with E-state index < -0.39 is 0 Å². The molecule has 0 saturated heterocycles. The lowest BCUT2D eigenvalue weighted by atomic mass is 10.2. The van der Waals surface area contributed by atoms with Crippen LogP contribution in [0.15, 0.2) is 54.7 Å². The molecule has 0 radical (unpaired) electrons. The first-order valence-corrected chi connectivity index (χ1v) is 8.76. The van der Waals surface area contributed by atoms with Gasteiger partial charge in [0, 0.05) is 28.5 Å². The van der Waals surface area contributed by atoms with E-state index in [0.29, 0.717) is 33.4 Å². The molecule has 0 aliphatic carbocycles. The second kappa shape index (κ2) is 8.42. The second-order valence-corrected chi connectivity index (χ2v) is 6.41. The van der Waals surface area contributed by atoms with Gasteiger partial charge in [0.25, 0.3) is 5.91 Å². The molecular weight excluding hydrogens is 376 g/mol. The average molecular weight is 393 g/mol. The van der Waals surface area contributed by atoms with Crippen molar-refractivity contribution in [3.8, 4) is 11.8 Å². The number of aryl methyl sites for hydroxylation is 1. The SMILES string of the molecule is COc1cc(Cl)c(C)cc1NC(=O)c1ccnc(Nc2ccc(C#N)cc2)c1. The standard InChI is InChI=1S/C21H17ClN4O2/c1-13-9-18(19(28-2)11-17(13)22)26-21(27)15-7-8-24-20(10-15)25-16-5-3-14(12-23)4-6-16/h3-11H,1-2H3,(H,24,25)(H,26,27). The van der Waals surface area contributed by atoms with Crippen LogP contribution < -0.4 is 15.4 Å². The number of nitriles is 1. The predicted octanol–water partition coefficient (Wildman–Crippen LogP) is 4.92. The van der Waals surface area contributed by atoms with Crippen LogP contribution in [0.2, 0.25) is 5.02 Å². The Balaban J connectivity index is 1.79. The zero-order chi connectivity index (χ0) is 20.1. The van der Waals surface area contributed by atoms with Crippen LogP contribution in [0.25, 0.3) is 0 Å². The lowest BCUT2D eigenvalue weighted by Gasteiger charge is -2.13. The van der Waals surface area contributed by atoms with Crippen molar-refractivity contribution in [1.29, 1.82) is 5.26 Å². The minimum atomic E-state index is -0.301. The van der Waals surface area contributed by atoms with E-state index in [0.717, 1.165) is 11.3 Å². The molecule has 3 aromatic rings. The highest BCUT2D eigenvalue weighted by Gasteiger charge is 2.13. The number of carbonyl (C=O) groups is 1. The Morgan fingerprint density at radius 1 is 1.18 bits per heavy atom. The number of benzene rings is 2. The molecule has 6 nitrogen and oxygen atoms in total. The normalized spacial score (nSPS) is 10.1. The van der Waals surface area contributed by atoms with Gasteiger partial charge in [-0.05, 0) is 55.0 Å². The van der Waals surface area contributed by atoms with Crippen LogP contribution >= 0.6 is 11.6 Å². The van der Waals surface area contributed by atoms with Crippen LogP contribution in [0.4, 0.5) is 17.2 Å². The van der Waals surface area contributed by atoms with E-state index in [4.69, 9.17) is 21.6 Å². The maximum atomic E-state index is 12.7. The predicted molar refractivity (Wildman–Crippen MR) is 109 cm³/mol. The Labute approximate surface area is 167 Å². The molecule has 0 spiro atoms. The van der Waals surface area contributed by atoms with E-state index in [2.05, 4.69) is 21.7 Å². The van der Waals surface area contributed by atoms with Gasteiger partial charge in [-0.3, -0.25) is 4.79 Å². The number of amides is 1. The first kappa shape index (κ1) is 19.2. The minimum absolute atomic E-state index is 0.301. The maximum absolute atomic E-state index is 12.7. The largest absolute Gasteiger partial charge is 0.495 e. The third-order valence-corrected chi connectivity index (χ3v) is 4.44. The summed E-state index contributed by atoms with van der Waals surface area (Å²) in [4.78, 5) is 16.9. The van der Waals surface area contributed by atoms with E-state index in [9.17, 15) is 4.79 Å².